The Hall–Kier alpha value is -3.50. The van der Waals surface area contributed by atoms with Crippen LogP contribution in [0.2, 0.25) is 0 Å². The summed E-state index contributed by atoms with van der Waals surface area (Å²) in [7, 11) is -1.05. The van der Waals surface area contributed by atoms with Gasteiger partial charge in [0.15, 0.2) is 0 Å². The van der Waals surface area contributed by atoms with Gasteiger partial charge in [0.2, 0.25) is 0 Å². The fourth-order valence-corrected chi connectivity index (χ4v) is 6.51. The number of aromatic nitrogens is 6. The summed E-state index contributed by atoms with van der Waals surface area (Å²) >= 11 is 0. The van der Waals surface area contributed by atoms with Crippen molar-refractivity contribution in [3.05, 3.63) is 116 Å². The molecule has 0 aliphatic rings. The Morgan fingerprint density at radius 1 is 0.517 bits per heavy atom. The first-order valence-corrected chi connectivity index (χ1v) is 10.7. The Labute approximate surface area is 169 Å². The molecule has 0 aliphatic carbocycles. The van der Waals surface area contributed by atoms with Crippen molar-refractivity contribution in [1.82, 2.24) is 29.3 Å². The molecule has 0 unspecified atom stereocenters. The molecule has 0 saturated carbocycles. The molecule has 3 aromatic heterocycles. The van der Waals surface area contributed by atoms with Gasteiger partial charge in [-0.2, -0.15) is 15.3 Å². The molecule has 29 heavy (non-hydrogen) atoms. The van der Waals surface area contributed by atoms with Gasteiger partial charge in [-0.25, -0.2) is 14.0 Å². The van der Waals surface area contributed by atoms with Crippen molar-refractivity contribution in [2.24, 2.45) is 0 Å². The Balaban J connectivity index is 1.90. The minimum absolute atomic E-state index is 0.825. The Kier molecular flexibility index (Phi) is 4.54. The standard InChI is InChI=1S/C22H19N6P/c1-3-10-20(11-4-1)29(21-12-5-2-6-13-21)22(26-17-7-14-23-26,27-18-8-15-24-27)28-19-9-16-25-28/h1-19H. The number of benzene rings is 2. The summed E-state index contributed by atoms with van der Waals surface area (Å²) in [5.41, 5.74) is -0.825. The molecule has 5 aromatic rings. The minimum atomic E-state index is -1.05. The quantitative estimate of drug-likeness (QED) is 0.413. The van der Waals surface area contributed by atoms with Crippen LogP contribution >= 0.6 is 7.92 Å². The van der Waals surface area contributed by atoms with Gasteiger partial charge < -0.3 is 0 Å². The summed E-state index contributed by atoms with van der Waals surface area (Å²) in [6.45, 7) is 0. The number of nitrogens with zero attached hydrogens (tertiary/aromatic N) is 6. The van der Waals surface area contributed by atoms with E-state index in [1.807, 2.05) is 63.0 Å². The van der Waals surface area contributed by atoms with Crippen LogP contribution < -0.4 is 10.6 Å². The van der Waals surface area contributed by atoms with E-state index in [1.165, 1.54) is 10.6 Å². The molecule has 142 valence electrons. The summed E-state index contributed by atoms with van der Waals surface area (Å²) in [5.74, 6) is 0. The lowest BCUT2D eigenvalue weighted by Gasteiger charge is -2.41. The monoisotopic (exact) mass is 398 g/mol. The van der Waals surface area contributed by atoms with Gasteiger partial charge in [-0.05, 0) is 28.8 Å². The van der Waals surface area contributed by atoms with Crippen LogP contribution in [0, 0.1) is 0 Å². The third kappa shape index (κ3) is 2.89. The smallest absolute Gasteiger partial charge is 0.221 e. The van der Waals surface area contributed by atoms with Crippen LogP contribution in [0.3, 0.4) is 0 Å². The van der Waals surface area contributed by atoms with Crippen LogP contribution in [0.15, 0.2) is 116 Å². The van der Waals surface area contributed by atoms with E-state index >= 15 is 0 Å². The average molecular weight is 398 g/mol. The first kappa shape index (κ1) is 17.6. The van der Waals surface area contributed by atoms with E-state index in [-0.39, 0.29) is 0 Å². The Morgan fingerprint density at radius 3 is 1.21 bits per heavy atom. The number of hydrogen-bond donors (Lipinski definition) is 0. The first-order chi connectivity index (χ1) is 14.4. The molecule has 5 rings (SSSR count). The molecule has 2 aromatic carbocycles. The van der Waals surface area contributed by atoms with Crippen molar-refractivity contribution in [1.29, 1.82) is 0 Å². The van der Waals surface area contributed by atoms with Crippen LogP contribution in [0.1, 0.15) is 0 Å². The van der Waals surface area contributed by atoms with Crippen LogP contribution in [-0.4, -0.2) is 29.3 Å². The predicted octanol–water partition coefficient (Wildman–Crippen LogP) is 3.07. The third-order valence-corrected chi connectivity index (χ3v) is 7.61. The number of hydrogen-bond acceptors (Lipinski definition) is 3. The van der Waals surface area contributed by atoms with Crippen molar-refractivity contribution < 1.29 is 0 Å². The molecular weight excluding hydrogens is 379 g/mol. The van der Waals surface area contributed by atoms with Crippen LogP contribution in [0.5, 0.6) is 0 Å². The highest BCUT2D eigenvalue weighted by atomic mass is 31.1. The molecule has 0 radical (unpaired) electrons. The molecule has 0 spiro atoms. The van der Waals surface area contributed by atoms with Gasteiger partial charge in [-0.1, -0.05) is 60.7 Å². The van der Waals surface area contributed by atoms with E-state index in [2.05, 4.69) is 63.8 Å². The number of rotatable bonds is 6. The Morgan fingerprint density at radius 2 is 0.897 bits per heavy atom. The summed E-state index contributed by atoms with van der Waals surface area (Å²) in [5, 5.41) is 16.5. The molecule has 0 aliphatic heterocycles. The van der Waals surface area contributed by atoms with E-state index in [4.69, 9.17) is 0 Å². The molecule has 0 amide bonds. The van der Waals surface area contributed by atoms with Gasteiger partial charge in [0, 0.05) is 45.1 Å². The molecular formula is C22H19N6P. The lowest BCUT2D eigenvalue weighted by molar-refractivity contribution is 0.231. The lowest BCUT2D eigenvalue weighted by Crippen LogP contribution is -2.51. The van der Waals surface area contributed by atoms with Gasteiger partial charge in [-0.15, -0.1) is 0 Å². The zero-order valence-corrected chi connectivity index (χ0v) is 16.5. The topological polar surface area (TPSA) is 53.5 Å². The highest BCUT2D eigenvalue weighted by Gasteiger charge is 2.48. The maximum Gasteiger partial charge on any atom is 0.275 e. The third-order valence-electron chi connectivity index (χ3n) is 4.76. The zero-order valence-electron chi connectivity index (χ0n) is 15.6. The normalized spacial score (nSPS) is 11.8. The fraction of sp³-hybridized carbons (Fsp3) is 0.0455. The van der Waals surface area contributed by atoms with Crippen molar-refractivity contribution in [2.45, 2.75) is 5.53 Å². The van der Waals surface area contributed by atoms with Crippen molar-refractivity contribution in [3.63, 3.8) is 0 Å². The molecule has 0 N–H and O–H groups in total. The van der Waals surface area contributed by atoms with E-state index in [1.54, 1.807) is 18.6 Å². The summed E-state index contributed by atoms with van der Waals surface area (Å²) < 4.78 is 5.87. The van der Waals surface area contributed by atoms with Gasteiger partial charge in [-0.3, -0.25) is 0 Å². The van der Waals surface area contributed by atoms with Crippen molar-refractivity contribution in [3.8, 4) is 0 Å². The van der Waals surface area contributed by atoms with Crippen LogP contribution in [-0.2, 0) is 5.53 Å². The molecule has 0 saturated heterocycles. The average Bonchev–Trinajstić information content (AvgIpc) is 3.57. The van der Waals surface area contributed by atoms with E-state index in [0.29, 0.717) is 0 Å². The first-order valence-electron chi connectivity index (χ1n) is 9.31. The second kappa shape index (κ2) is 7.49. The van der Waals surface area contributed by atoms with Gasteiger partial charge in [0.05, 0.1) is 0 Å². The maximum atomic E-state index is 4.68. The van der Waals surface area contributed by atoms with Crippen molar-refractivity contribution in [2.75, 3.05) is 0 Å². The molecule has 0 atom stereocenters. The van der Waals surface area contributed by atoms with Gasteiger partial charge >= 0.3 is 0 Å². The fourth-order valence-electron chi connectivity index (χ4n) is 3.61. The van der Waals surface area contributed by atoms with Gasteiger partial charge in [0.25, 0.3) is 5.53 Å². The lowest BCUT2D eigenvalue weighted by atomic mass is 10.4. The molecule has 3 heterocycles. The largest absolute Gasteiger partial charge is 0.275 e. The maximum absolute atomic E-state index is 4.68. The van der Waals surface area contributed by atoms with E-state index in [9.17, 15) is 0 Å². The highest BCUT2D eigenvalue weighted by molar-refractivity contribution is 7.73. The molecule has 0 bridgehead atoms. The summed E-state index contributed by atoms with van der Waals surface area (Å²) in [4.78, 5) is 0. The molecule has 7 heteroatoms. The SMILES string of the molecule is c1ccc(P(c2ccccc2)C(n2cccn2)(n2cccn2)n2cccn2)cc1. The summed E-state index contributed by atoms with van der Waals surface area (Å²) in [6, 6.07) is 26.9. The van der Waals surface area contributed by atoms with Crippen LogP contribution in [0.25, 0.3) is 0 Å². The molecule has 0 fully saturated rings. The minimum Gasteiger partial charge on any atom is -0.221 e. The predicted molar refractivity (Wildman–Crippen MR) is 115 cm³/mol. The summed E-state index contributed by atoms with van der Waals surface area (Å²) in [6.07, 6.45) is 11.3. The Bertz CT molecular complexity index is 1010. The van der Waals surface area contributed by atoms with E-state index < -0.39 is 13.4 Å². The van der Waals surface area contributed by atoms with E-state index in [0.717, 1.165) is 0 Å². The van der Waals surface area contributed by atoms with Crippen molar-refractivity contribution >= 4 is 18.5 Å². The van der Waals surface area contributed by atoms with Crippen LogP contribution in [0.4, 0.5) is 0 Å². The molecule has 6 nitrogen and oxygen atoms in total. The highest BCUT2D eigenvalue weighted by Crippen LogP contribution is 2.52. The second-order valence-corrected chi connectivity index (χ2v) is 8.76. The zero-order chi connectivity index (χ0) is 19.5. The van der Waals surface area contributed by atoms with Gasteiger partial charge in [0.1, 0.15) is 0 Å². The second-order valence-electron chi connectivity index (χ2n) is 6.46.